The van der Waals surface area contributed by atoms with Crippen molar-refractivity contribution < 1.29 is 13.9 Å². The molecule has 0 saturated carbocycles. The molecule has 0 aliphatic heterocycles. The Kier molecular flexibility index (Phi) is 7.36. The fraction of sp³-hybridized carbons (Fsp3) is 0.250. The molecule has 1 amide bonds. The molecule has 0 aliphatic rings. The van der Waals surface area contributed by atoms with Crippen LogP contribution in [0.3, 0.4) is 0 Å². The molecule has 0 aromatic heterocycles. The van der Waals surface area contributed by atoms with Crippen LogP contribution in [0.25, 0.3) is 0 Å². The number of benzene rings is 2. The summed E-state index contributed by atoms with van der Waals surface area (Å²) in [6.45, 7) is 3.14. The van der Waals surface area contributed by atoms with Crippen molar-refractivity contribution in [3.05, 3.63) is 59.9 Å². The molecule has 0 bridgehead atoms. The highest BCUT2D eigenvalue weighted by Gasteiger charge is 2.13. The SMILES string of the molecule is C#CCN(Cc1ccc(F)cc1)C(=O)CSc1ccc(OCC)cc1. The molecule has 0 unspecified atom stereocenters. The van der Waals surface area contributed by atoms with Crippen LogP contribution in [0.4, 0.5) is 4.39 Å². The molecule has 130 valence electrons. The number of terminal acetylenes is 1. The molecule has 0 aliphatic carbocycles. The summed E-state index contributed by atoms with van der Waals surface area (Å²) >= 11 is 1.45. The number of ether oxygens (including phenoxy) is 1. The van der Waals surface area contributed by atoms with Gasteiger partial charge in [-0.25, -0.2) is 4.39 Å². The van der Waals surface area contributed by atoms with Crippen molar-refractivity contribution in [3.63, 3.8) is 0 Å². The van der Waals surface area contributed by atoms with Crippen LogP contribution in [0, 0.1) is 18.2 Å². The molecule has 0 radical (unpaired) electrons. The van der Waals surface area contributed by atoms with Gasteiger partial charge in [0.25, 0.3) is 0 Å². The van der Waals surface area contributed by atoms with E-state index in [1.54, 1.807) is 17.0 Å². The lowest BCUT2D eigenvalue weighted by Gasteiger charge is -2.20. The molecule has 3 nitrogen and oxygen atoms in total. The summed E-state index contributed by atoms with van der Waals surface area (Å²) in [4.78, 5) is 15.0. The van der Waals surface area contributed by atoms with Gasteiger partial charge in [-0.15, -0.1) is 18.2 Å². The fourth-order valence-corrected chi connectivity index (χ4v) is 2.99. The Bertz CT molecular complexity index is 723. The monoisotopic (exact) mass is 357 g/mol. The van der Waals surface area contributed by atoms with Crippen molar-refractivity contribution in [1.29, 1.82) is 0 Å². The van der Waals surface area contributed by atoms with Crippen LogP contribution in [-0.2, 0) is 11.3 Å². The van der Waals surface area contributed by atoms with Gasteiger partial charge in [-0.3, -0.25) is 4.79 Å². The predicted molar refractivity (Wildman–Crippen MR) is 99.0 cm³/mol. The van der Waals surface area contributed by atoms with Crippen LogP contribution < -0.4 is 4.74 Å². The van der Waals surface area contributed by atoms with E-state index in [0.29, 0.717) is 13.2 Å². The third-order valence-corrected chi connectivity index (χ3v) is 4.42. The van der Waals surface area contributed by atoms with Crippen LogP contribution in [-0.4, -0.2) is 29.7 Å². The molecule has 5 heteroatoms. The lowest BCUT2D eigenvalue weighted by atomic mass is 10.2. The highest BCUT2D eigenvalue weighted by Crippen LogP contribution is 2.22. The second kappa shape index (κ2) is 9.75. The first kappa shape index (κ1) is 18.9. The Morgan fingerprint density at radius 3 is 2.48 bits per heavy atom. The molecule has 0 spiro atoms. The largest absolute Gasteiger partial charge is 0.494 e. The van der Waals surface area contributed by atoms with Gasteiger partial charge in [0, 0.05) is 11.4 Å². The number of rotatable bonds is 8. The quantitative estimate of drug-likeness (QED) is 0.529. The summed E-state index contributed by atoms with van der Waals surface area (Å²) in [5.74, 6) is 3.25. The van der Waals surface area contributed by atoms with Gasteiger partial charge < -0.3 is 9.64 Å². The molecule has 2 rings (SSSR count). The first-order chi connectivity index (χ1) is 12.1. The molecule has 25 heavy (non-hydrogen) atoms. The topological polar surface area (TPSA) is 29.5 Å². The summed E-state index contributed by atoms with van der Waals surface area (Å²) in [5.41, 5.74) is 0.844. The van der Waals surface area contributed by atoms with E-state index in [9.17, 15) is 9.18 Å². The van der Waals surface area contributed by atoms with E-state index < -0.39 is 0 Å². The van der Waals surface area contributed by atoms with Gasteiger partial charge >= 0.3 is 0 Å². The van der Waals surface area contributed by atoms with E-state index in [1.165, 1.54) is 23.9 Å². The normalized spacial score (nSPS) is 10.1. The molecular formula is C20H20FNO2S. The van der Waals surface area contributed by atoms with E-state index >= 15 is 0 Å². The smallest absolute Gasteiger partial charge is 0.234 e. The standard InChI is InChI=1S/C20H20FNO2S/c1-3-13-22(14-16-5-7-17(21)8-6-16)20(23)15-25-19-11-9-18(10-12-19)24-4-2/h1,5-12H,4,13-15H2,2H3. The zero-order valence-corrected chi connectivity index (χ0v) is 14.9. The van der Waals surface area contributed by atoms with Crippen molar-refractivity contribution in [1.82, 2.24) is 4.90 Å². The molecule has 0 heterocycles. The summed E-state index contributed by atoms with van der Waals surface area (Å²) in [6, 6.07) is 13.7. The number of halogens is 1. The second-order valence-corrected chi connectivity index (χ2v) is 6.32. The van der Waals surface area contributed by atoms with Gasteiger partial charge in [-0.05, 0) is 48.9 Å². The Hall–Kier alpha value is -2.45. The van der Waals surface area contributed by atoms with E-state index in [2.05, 4.69) is 5.92 Å². The highest BCUT2D eigenvalue weighted by atomic mass is 32.2. The van der Waals surface area contributed by atoms with Gasteiger partial charge in [-0.1, -0.05) is 18.1 Å². The minimum Gasteiger partial charge on any atom is -0.494 e. The molecule has 0 fully saturated rings. The van der Waals surface area contributed by atoms with Gasteiger partial charge in [-0.2, -0.15) is 0 Å². The second-order valence-electron chi connectivity index (χ2n) is 5.27. The lowest BCUT2D eigenvalue weighted by Crippen LogP contribution is -2.32. The Balaban J connectivity index is 1.93. The van der Waals surface area contributed by atoms with Crippen LogP contribution >= 0.6 is 11.8 Å². The predicted octanol–water partition coefficient (Wildman–Crippen LogP) is 3.98. The van der Waals surface area contributed by atoms with Crippen LogP contribution in [0.15, 0.2) is 53.4 Å². The van der Waals surface area contributed by atoms with Crippen molar-refractivity contribution in [3.8, 4) is 18.1 Å². The maximum absolute atomic E-state index is 13.0. The third-order valence-electron chi connectivity index (χ3n) is 3.42. The third kappa shape index (κ3) is 6.17. The summed E-state index contributed by atoms with van der Waals surface area (Å²) in [5, 5.41) is 0. The van der Waals surface area contributed by atoms with Crippen molar-refractivity contribution in [2.75, 3.05) is 18.9 Å². The molecule has 2 aromatic carbocycles. The number of hydrogen-bond acceptors (Lipinski definition) is 3. The van der Waals surface area contributed by atoms with Crippen LogP contribution in [0.2, 0.25) is 0 Å². The number of carbonyl (C=O) groups is 1. The number of carbonyl (C=O) groups excluding carboxylic acids is 1. The van der Waals surface area contributed by atoms with E-state index in [1.807, 2.05) is 31.2 Å². The Morgan fingerprint density at radius 2 is 1.88 bits per heavy atom. The average Bonchev–Trinajstić information content (AvgIpc) is 2.62. The Labute approximate surface area is 152 Å². The molecule has 0 saturated heterocycles. The lowest BCUT2D eigenvalue weighted by molar-refractivity contribution is -0.128. The summed E-state index contributed by atoms with van der Waals surface area (Å²) in [7, 11) is 0. The summed E-state index contributed by atoms with van der Waals surface area (Å²) < 4.78 is 18.4. The molecule has 0 atom stereocenters. The molecule has 0 N–H and O–H groups in total. The first-order valence-electron chi connectivity index (χ1n) is 7.93. The van der Waals surface area contributed by atoms with Gasteiger partial charge in [0.15, 0.2) is 0 Å². The maximum Gasteiger partial charge on any atom is 0.234 e. The zero-order chi connectivity index (χ0) is 18.1. The fourth-order valence-electron chi connectivity index (χ4n) is 2.19. The molecular weight excluding hydrogens is 337 g/mol. The van der Waals surface area contributed by atoms with Crippen molar-refractivity contribution in [2.24, 2.45) is 0 Å². The van der Waals surface area contributed by atoms with E-state index in [0.717, 1.165) is 16.2 Å². The summed E-state index contributed by atoms with van der Waals surface area (Å²) in [6.07, 6.45) is 5.37. The number of amides is 1. The van der Waals surface area contributed by atoms with E-state index in [4.69, 9.17) is 11.2 Å². The maximum atomic E-state index is 13.0. The Morgan fingerprint density at radius 1 is 1.20 bits per heavy atom. The van der Waals surface area contributed by atoms with Crippen LogP contribution in [0.5, 0.6) is 5.75 Å². The first-order valence-corrected chi connectivity index (χ1v) is 8.92. The highest BCUT2D eigenvalue weighted by molar-refractivity contribution is 8.00. The van der Waals surface area contributed by atoms with Crippen molar-refractivity contribution in [2.45, 2.75) is 18.4 Å². The minimum absolute atomic E-state index is 0.0545. The average molecular weight is 357 g/mol. The number of nitrogens with zero attached hydrogens (tertiary/aromatic N) is 1. The van der Waals surface area contributed by atoms with Crippen LogP contribution in [0.1, 0.15) is 12.5 Å². The van der Waals surface area contributed by atoms with Crippen molar-refractivity contribution >= 4 is 17.7 Å². The number of thioether (sulfide) groups is 1. The van der Waals surface area contributed by atoms with Gasteiger partial charge in [0.1, 0.15) is 11.6 Å². The van der Waals surface area contributed by atoms with Gasteiger partial charge in [0.2, 0.25) is 5.91 Å². The van der Waals surface area contributed by atoms with E-state index in [-0.39, 0.29) is 24.0 Å². The molecule has 2 aromatic rings. The zero-order valence-electron chi connectivity index (χ0n) is 14.1. The van der Waals surface area contributed by atoms with Gasteiger partial charge in [0.05, 0.1) is 18.9 Å². The minimum atomic E-state index is -0.301. The number of hydrogen-bond donors (Lipinski definition) is 0.